The van der Waals surface area contributed by atoms with E-state index in [2.05, 4.69) is 19.1 Å². The number of carbonyl (C=O) groups is 2. The maximum atomic E-state index is 12.0. The predicted octanol–water partition coefficient (Wildman–Crippen LogP) is 4.78. The molecular weight excluding hydrogens is 378 g/mol. The SMILES string of the molecule is CCCCCCCCCCC/C=C/CCCCC(=O)OC(CC(=O)[O-])C[N+](C)(C)C. The molecular formula is C25H47NO4. The van der Waals surface area contributed by atoms with E-state index in [9.17, 15) is 14.7 Å². The van der Waals surface area contributed by atoms with Gasteiger partial charge in [-0.05, 0) is 32.1 Å². The zero-order valence-electron chi connectivity index (χ0n) is 20.1. The summed E-state index contributed by atoms with van der Waals surface area (Å²) in [5, 5.41) is 10.9. The summed E-state index contributed by atoms with van der Waals surface area (Å²) < 4.78 is 5.90. The molecule has 0 aromatic carbocycles. The third kappa shape index (κ3) is 21.4. The molecule has 5 nitrogen and oxygen atoms in total. The van der Waals surface area contributed by atoms with E-state index in [0.717, 1.165) is 25.7 Å². The lowest BCUT2D eigenvalue weighted by atomic mass is 10.1. The Hall–Kier alpha value is -1.36. The number of likely N-dealkylation sites (N-methyl/N-ethyl adjacent to an activating group) is 1. The van der Waals surface area contributed by atoms with Crippen LogP contribution in [0.5, 0.6) is 0 Å². The van der Waals surface area contributed by atoms with Gasteiger partial charge in [0.05, 0.1) is 21.1 Å². The van der Waals surface area contributed by atoms with E-state index in [1.807, 2.05) is 21.1 Å². The molecule has 0 spiro atoms. The molecule has 0 fully saturated rings. The first-order valence-electron chi connectivity index (χ1n) is 12.1. The predicted molar refractivity (Wildman–Crippen MR) is 122 cm³/mol. The number of hydrogen-bond acceptors (Lipinski definition) is 4. The molecule has 0 rings (SSSR count). The molecule has 0 aliphatic carbocycles. The monoisotopic (exact) mass is 425 g/mol. The van der Waals surface area contributed by atoms with Gasteiger partial charge in [0.15, 0.2) is 6.10 Å². The van der Waals surface area contributed by atoms with Gasteiger partial charge in [-0.15, -0.1) is 0 Å². The standard InChI is InChI=1S/C25H47NO4/c1-5-6-7-8-9-10-11-12-13-14-15-16-17-18-19-20-25(29)30-23(21-24(27)28)22-26(2,3)4/h15-16,23H,5-14,17-22H2,1-4H3/b16-15+. The Morgan fingerprint density at radius 2 is 1.33 bits per heavy atom. The number of aliphatic carboxylic acids is 1. The molecule has 176 valence electrons. The molecule has 0 saturated heterocycles. The van der Waals surface area contributed by atoms with Crippen LogP contribution in [0.25, 0.3) is 0 Å². The molecule has 0 aliphatic heterocycles. The van der Waals surface area contributed by atoms with Crippen LogP contribution in [-0.2, 0) is 14.3 Å². The molecule has 30 heavy (non-hydrogen) atoms. The summed E-state index contributed by atoms with van der Waals surface area (Å²) in [6, 6.07) is 0. The molecule has 0 N–H and O–H groups in total. The van der Waals surface area contributed by atoms with Gasteiger partial charge in [-0.2, -0.15) is 0 Å². The first-order valence-corrected chi connectivity index (χ1v) is 12.1. The number of carbonyl (C=O) groups excluding carboxylic acids is 2. The first kappa shape index (κ1) is 28.6. The summed E-state index contributed by atoms with van der Waals surface area (Å²) in [7, 11) is 5.82. The largest absolute Gasteiger partial charge is 0.550 e. The molecule has 1 atom stereocenters. The van der Waals surface area contributed by atoms with E-state index in [1.54, 1.807) is 0 Å². The minimum atomic E-state index is -1.18. The normalized spacial score (nSPS) is 12.9. The third-order valence-corrected chi connectivity index (χ3v) is 5.09. The molecule has 0 bridgehead atoms. The lowest BCUT2D eigenvalue weighted by Gasteiger charge is -2.29. The number of rotatable bonds is 20. The Morgan fingerprint density at radius 3 is 1.83 bits per heavy atom. The fourth-order valence-corrected chi connectivity index (χ4v) is 3.53. The highest BCUT2D eigenvalue weighted by Crippen LogP contribution is 2.12. The Labute approximate surface area is 185 Å². The highest BCUT2D eigenvalue weighted by atomic mass is 16.5. The molecule has 0 radical (unpaired) electrons. The number of quaternary nitrogens is 1. The van der Waals surface area contributed by atoms with Crippen molar-refractivity contribution in [2.24, 2.45) is 0 Å². The van der Waals surface area contributed by atoms with Crippen molar-refractivity contribution in [2.75, 3.05) is 27.7 Å². The van der Waals surface area contributed by atoms with Crippen LogP contribution >= 0.6 is 0 Å². The van der Waals surface area contributed by atoms with E-state index in [4.69, 9.17) is 4.74 Å². The Balaban J connectivity index is 3.67. The van der Waals surface area contributed by atoms with Crippen molar-refractivity contribution in [3.05, 3.63) is 12.2 Å². The Bertz CT molecular complexity index is 468. The van der Waals surface area contributed by atoms with Gasteiger partial charge in [-0.1, -0.05) is 70.4 Å². The summed E-state index contributed by atoms with van der Waals surface area (Å²) >= 11 is 0. The van der Waals surface area contributed by atoms with Gasteiger partial charge in [-0.25, -0.2) is 0 Å². The zero-order valence-corrected chi connectivity index (χ0v) is 20.1. The maximum Gasteiger partial charge on any atom is 0.306 e. The average Bonchev–Trinajstić information content (AvgIpc) is 2.63. The van der Waals surface area contributed by atoms with Crippen molar-refractivity contribution in [1.29, 1.82) is 0 Å². The van der Waals surface area contributed by atoms with Crippen molar-refractivity contribution < 1.29 is 23.9 Å². The number of carboxylic acids is 1. The first-order chi connectivity index (χ1) is 14.2. The number of carboxylic acid groups (broad SMARTS) is 1. The molecule has 0 aromatic heterocycles. The molecule has 0 amide bonds. The maximum absolute atomic E-state index is 12.0. The number of unbranched alkanes of at least 4 members (excludes halogenated alkanes) is 11. The van der Waals surface area contributed by atoms with Crippen LogP contribution < -0.4 is 5.11 Å². The lowest BCUT2D eigenvalue weighted by molar-refractivity contribution is -0.873. The van der Waals surface area contributed by atoms with E-state index < -0.39 is 12.1 Å². The quantitative estimate of drug-likeness (QED) is 0.122. The average molecular weight is 426 g/mol. The van der Waals surface area contributed by atoms with Gasteiger partial charge in [0.25, 0.3) is 0 Å². The van der Waals surface area contributed by atoms with Crippen LogP contribution in [0, 0.1) is 0 Å². The highest BCUT2D eigenvalue weighted by molar-refractivity contribution is 5.70. The van der Waals surface area contributed by atoms with Crippen molar-refractivity contribution >= 4 is 11.9 Å². The Kier molecular flexibility index (Phi) is 17.6. The van der Waals surface area contributed by atoms with Crippen molar-refractivity contribution in [1.82, 2.24) is 0 Å². The van der Waals surface area contributed by atoms with Gasteiger partial charge >= 0.3 is 5.97 Å². The van der Waals surface area contributed by atoms with Crippen LogP contribution in [0.4, 0.5) is 0 Å². The van der Waals surface area contributed by atoms with Crippen LogP contribution in [0.15, 0.2) is 12.2 Å². The number of hydrogen-bond donors (Lipinski definition) is 0. The smallest absolute Gasteiger partial charge is 0.306 e. The number of allylic oxidation sites excluding steroid dienone is 2. The fraction of sp³-hybridized carbons (Fsp3) is 0.840. The third-order valence-electron chi connectivity index (χ3n) is 5.09. The number of nitrogens with zero attached hydrogens (tertiary/aromatic N) is 1. The molecule has 0 aliphatic rings. The van der Waals surface area contributed by atoms with E-state index in [1.165, 1.54) is 57.8 Å². The van der Waals surface area contributed by atoms with Gasteiger partial charge in [0.1, 0.15) is 6.54 Å². The number of esters is 1. The minimum absolute atomic E-state index is 0.247. The molecule has 1 unspecified atom stereocenters. The van der Waals surface area contributed by atoms with E-state index in [-0.39, 0.29) is 12.4 Å². The van der Waals surface area contributed by atoms with Crippen molar-refractivity contribution in [3.8, 4) is 0 Å². The number of ether oxygens (including phenoxy) is 1. The molecule has 0 saturated carbocycles. The highest BCUT2D eigenvalue weighted by Gasteiger charge is 2.22. The van der Waals surface area contributed by atoms with Gasteiger partial charge < -0.3 is 19.1 Å². The summed E-state index contributed by atoms with van der Waals surface area (Å²) in [5.41, 5.74) is 0. The second-order valence-corrected chi connectivity index (χ2v) is 9.50. The molecule has 0 aromatic rings. The van der Waals surface area contributed by atoms with Crippen LogP contribution in [0.1, 0.15) is 103 Å². The summed E-state index contributed by atoms with van der Waals surface area (Å²) in [5.74, 6) is -1.49. The summed E-state index contributed by atoms with van der Waals surface area (Å²) in [6.45, 7) is 2.72. The topological polar surface area (TPSA) is 66.4 Å². The van der Waals surface area contributed by atoms with Crippen molar-refractivity contribution in [2.45, 2.75) is 109 Å². The lowest BCUT2D eigenvalue weighted by Crippen LogP contribution is -2.45. The summed E-state index contributed by atoms with van der Waals surface area (Å²) in [4.78, 5) is 22.9. The fourth-order valence-electron chi connectivity index (χ4n) is 3.53. The second-order valence-electron chi connectivity index (χ2n) is 9.50. The van der Waals surface area contributed by atoms with Crippen LogP contribution in [-0.4, -0.2) is 50.2 Å². The Morgan fingerprint density at radius 1 is 0.833 bits per heavy atom. The van der Waals surface area contributed by atoms with Crippen LogP contribution in [0.2, 0.25) is 0 Å². The van der Waals surface area contributed by atoms with E-state index >= 15 is 0 Å². The van der Waals surface area contributed by atoms with Gasteiger partial charge in [0.2, 0.25) is 0 Å². The van der Waals surface area contributed by atoms with E-state index in [0.29, 0.717) is 17.4 Å². The molecule has 0 heterocycles. The summed E-state index contributed by atoms with van der Waals surface area (Å²) in [6.07, 6.45) is 20.0. The second kappa shape index (κ2) is 18.4. The van der Waals surface area contributed by atoms with Gasteiger partial charge in [0, 0.05) is 18.8 Å². The van der Waals surface area contributed by atoms with Crippen molar-refractivity contribution in [3.63, 3.8) is 0 Å². The van der Waals surface area contributed by atoms with Crippen LogP contribution in [0.3, 0.4) is 0 Å². The zero-order chi connectivity index (χ0) is 22.7. The van der Waals surface area contributed by atoms with Gasteiger partial charge in [-0.3, -0.25) is 4.79 Å². The minimum Gasteiger partial charge on any atom is -0.550 e. The molecule has 5 heteroatoms.